The average molecular weight is 419 g/mol. The van der Waals surface area contributed by atoms with E-state index in [1.165, 1.54) is 9.80 Å². The summed E-state index contributed by atoms with van der Waals surface area (Å²) in [6, 6.07) is 13.8. The summed E-state index contributed by atoms with van der Waals surface area (Å²) in [5.74, 6) is 0.247. The summed E-state index contributed by atoms with van der Waals surface area (Å²) in [6.07, 6.45) is 0. The first-order chi connectivity index (χ1) is 14.9. The topological polar surface area (TPSA) is 89.6 Å². The number of benzene rings is 2. The number of aromatic nitrogens is 2. The Morgan fingerprint density at radius 1 is 1.06 bits per heavy atom. The molecule has 2 heterocycles. The molecule has 3 amide bonds. The summed E-state index contributed by atoms with van der Waals surface area (Å²) in [5.41, 5.74) is 2.19. The third-order valence-electron chi connectivity index (χ3n) is 5.58. The first-order valence-electron chi connectivity index (χ1n) is 10.3. The Labute approximate surface area is 180 Å². The molecule has 8 heteroatoms. The number of carbonyl (C=O) groups excluding carboxylic acids is 2. The predicted octanol–water partition coefficient (Wildman–Crippen LogP) is 2.87. The van der Waals surface area contributed by atoms with Crippen LogP contribution in [0.5, 0.6) is 0 Å². The second kappa shape index (κ2) is 8.31. The molecular formula is C23H25N5O3. The Kier molecular flexibility index (Phi) is 5.56. The zero-order valence-corrected chi connectivity index (χ0v) is 17.8. The molecule has 0 unspecified atom stereocenters. The fraction of sp³-hybridized carbons (Fsp3) is 0.304. The Hall–Kier alpha value is -3.52. The molecular weight excluding hydrogens is 394 g/mol. The van der Waals surface area contributed by atoms with Gasteiger partial charge in [0.25, 0.3) is 11.5 Å². The number of nitrogens with one attached hydrogen (secondary N) is 1. The van der Waals surface area contributed by atoms with Gasteiger partial charge in [-0.2, -0.15) is 0 Å². The zero-order valence-electron chi connectivity index (χ0n) is 17.8. The number of aromatic amines is 1. The van der Waals surface area contributed by atoms with Crippen LogP contribution in [0.25, 0.3) is 10.9 Å². The maximum Gasteiger partial charge on any atom is 0.333 e. The number of fused-ring (bicyclic) bond motifs is 1. The van der Waals surface area contributed by atoms with Gasteiger partial charge in [-0.05, 0) is 44.7 Å². The van der Waals surface area contributed by atoms with Gasteiger partial charge in [-0.25, -0.2) is 14.7 Å². The Morgan fingerprint density at radius 2 is 1.77 bits per heavy atom. The number of urea groups is 1. The highest BCUT2D eigenvalue weighted by Crippen LogP contribution is 2.26. The van der Waals surface area contributed by atoms with E-state index in [2.05, 4.69) is 9.97 Å². The van der Waals surface area contributed by atoms with Crippen LogP contribution in [0.15, 0.2) is 53.3 Å². The third kappa shape index (κ3) is 3.94. The minimum atomic E-state index is -0.576. The van der Waals surface area contributed by atoms with Crippen LogP contribution in [-0.2, 0) is 11.3 Å². The fourth-order valence-electron chi connectivity index (χ4n) is 3.78. The SMILES string of the molecule is CCN(Cc1nc2ccccc2c(=O)[nH]1)CN1C(=O)[C@H](C)N(c2ccc(C)cc2)C1=O. The average Bonchev–Trinajstić information content (AvgIpc) is 2.97. The molecule has 0 radical (unpaired) electrons. The molecule has 31 heavy (non-hydrogen) atoms. The second-order valence-electron chi connectivity index (χ2n) is 7.75. The van der Waals surface area contributed by atoms with Crippen LogP contribution >= 0.6 is 0 Å². The van der Waals surface area contributed by atoms with Crippen LogP contribution in [0.2, 0.25) is 0 Å². The molecule has 0 spiro atoms. The summed E-state index contributed by atoms with van der Waals surface area (Å²) < 4.78 is 0. The van der Waals surface area contributed by atoms with Gasteiger partial charge in [0.2, 0.25) is 0 Å². The van der Waals surface area contributed by atoms with E-state index in [1.807, 2.05) is 49.1 Å². The third-order valence-corrected chi connectivity index (χ3v) is 5.58. The Bertz CT molecular complexity index is 1190. The number of imide groups is 1. The number of amides is 3. The number of hydrogen-bond acceptors (Lipinski definition) is 5. The number of H-pyrrole nitrogens is 1. The van der Waals surface area contributed by atoms with Crippen molar-refractivity contribution in [2.24, 2.45) is 0 Å². The standard InChI is InChI=1S/C23H25N5O3/c1-4-26(13-20-24-19-8-6-5-7-18(19)21(29)25-20)14-27-22(30)16(3)28(23(27)31)17-11-9-15(2)10-12-17/h5-12,16H,4,13-14H2,1-3H3,(H,24,25,29)/t16-/m0/s1. The molecule has 1 atom stereocenters. The number of nitrogens with zero attached hydrogens (tertiary/aromatic N) is 4. The highest BCUT2D eigenvalue weighted by atomic mass is 16.2. The minimum absolute atomic E-state index is 0.122. The van der Waals surface area contributed by atoms with Crippen molar-refractivity contribution in [2.75, 3.05) is 18.1 Å². The number of para-hydroxylation sites is 1. The number of carbonyl (C=O) groups is 2. The molecule has 4 rings (SSSR count). The fourth-order valence-corrected chi connectivity index (χ4v) is 3.78. The molecule has 1 saturated heterocycles. The van der Waals surface area contributed by atoms with Crippen LogP contribution < -0.4 is 10.5 Å². The van der Waals surface area contributed by atoms with E-state index >= 15 is 0 Å². The molecule has 0 saturated carbocycles. The van der Waals surface area contributed by atoms with E-state index < -0.39 is 6.04 Å². The van der Waals surface area contributed by atoms with Gasteiger partial charge >= 0.3 is 6.03 Å². The molecule has 1 N–H and O–H groups in total. The normalized spacial score (nSPS) is 16.7. The Balaban J connectivity index is 1.54. The molecule has 1 aliphatic rings. The molecule has 8 nitrogen and oxygen atoms in total. The second-order valence-corrected chi connectivity index (χ2v) is 7.75. The van der Waals surface area contributed by atoms with Crippen LogP contribution in [-0.4, -0.2) is 51.0 Å². The first-order valence-corrected chi connectivity index (χ1v) is 10.3. The molecule has 160 valence electrons. The maximum atomic E-state index is 13.1. The molecule has 1 aliphatic heterocycles. The van der Waals surface area contributed by atoms with E-state index in [0.29, 0.717) is 35.5 Å². The summed E-state index contributed by atoms with van der Waals surface area (Å²) in [7, 11) is 0. The minimum Gasteiger partial charge on any atom is -0.309 e. The lowest BCUT2D eigenvalue weighted by Gasteiger charge is -2.25. The molecule has 1 aromatic heterocycles. The van der Waals surface area contributed by atoms with Crippen LogP contribution in [0, 0.1) is 6.92 Å². The summed E-state index contributed by atoms with van der Waals surface area (Å²) >= 11 is 0. The van der Waals surface area contributed by atoms with Crippen LogP contribution in [0.4, 0.5) is 10.5 Å². The van der Waals surface area contributed by atoms with Gasteiger partial charge in [-0.3, -0.25) is 19.4 Å². The van der Waals surface area contributed by atoms with Crippen molar-refractivity contribution < 1.29 is 9.59 Å². The lowest BCUT2D eigenvalue weighted by molar-refractivity contribution is -0.128. The maximum absolute atomic E-state index is 13.1. The van der Waals surface area contributed by atoms with Crippen LogP contribution in [0.3, 0.4) is 0 Å². The first kappa shape index (κ1) is 20.7. The monoisotopic (exact) mass is 419 g/mol. The van der Waals surface area contributed by atoms with Gasteiger partial charge in [0.1, 0.15) is 11.9 Å². The van der Waals surface area contributed by atoms with Crippen molar-refractivity contribution >= 4 is 28.5 Å². The van der Waals surface area contributed by atoms with Gasteiger partial charge in [0.05, 0.1) is 24.1 Å². The quantitative estimate of drug-likeness (QED) is 0.621. The van der Waals surface area contributed by atoms with Gasteiger partial charge in [0, 0.05) is 5.69 Å². The van der Waals surface area contributed by atoms with E-state index in [0.717, 1.165) is 5.56 Å². The molecule has 1 fully saturated rings. The van der Waals surface area contributed by atoms with Crippen molar-refractivity contribution in [1.29, 1.82) is 0 Å². The number of anilines is 1. The van der Waals surface area contributed by atoms with Crippen molar-refractivity contribution in [1.82, 2.24) is 19.8 Å². The van der Waals surface area contributed by atoms with Gasteiger partial charge in [-0.15, -0.1) is 0 Å². The summed E-state index contributed by atoms with van der Waals surface area (Å²) in [4.78, 5) is 50.3. The van der Waals surface area contributed by atoms with E-state index in [-0.39, 0.29) is 24.2 Å². The molecule has 0 bridgehead atoms. The highest BCUT2D eigenvalue weighted by Gasteiger charge is 2.43. The number of aryl methyl sites for hydroxylation is 1. The van der Waals surface area contributed by atoms with E-state index in [1.54, 1.807) is 25.1 Å². The van der Waals surface area contributed by atoms with Crippen molar-refractivity contribution in [3.63, 3.8) is 0 Å². The summed E-state index contributed by atoms with van der Waals surface area (Å²) in [6.45, 7) is 6.65. The largest absolute Gasteiger partial charge is 0.333 e. The predicted molar refractivity (Wildman–Crippen MR) is 119 cm³/mol. The number of hydrogen-bond donors (Lipinski definition) is 1. The van der Waals surface area contributed by atoms with Gasteiger partial charge in [-0.1, -0.05) is 36.8 Å². The summed E-state index contributed by atoms with van der Waals surface area (Å²) in [5, 5.41) is 0.529. The Morgan fingerprint density at radius 3 is 2.48 bits per heavy atom. The van der Waals surface area contributed by atoms with Crippen molar-refractivity contribution in [3.8, 4) is 0 Å². The lowest BCUT2D eigenvalue weighted by Crippen LogP contribution is -2.42. The van der Waals surface area contributed by atoms with Gasteiger partial charge < -0.3 is 4.98 Å². The molecule has 2 aromatic carbocycles. The zero-order chi connectivity index (χ0) is 22.1. The van der Waals surface area contributed by atoms with Crippen molar-refractivity contribution in [3.05, 3.63) is 70.3 Å². The van der Waals surface area contributed by atoms with E-state index in [9.17, 15) is 14.4 Å². The van der Waals surface area contributed by atoms with E-state index in [4.69, 9.17) is 0 Å². The molecule has 0 aliphatic carbocycles. The smallest absolute Gasteiger partial charge is 0.309 e. The molecule has 3 aromatic rings. The van der Waals surface area contributed by atoms with Gasteiger partial charge in [0.15, 0.2) is 0 Å². The van der Waals surface area contributed by atoms with Crippen molar-refractivity contribution in [2.45, 2.75) is 33.4 Å². The highest BCUT2D eigenvalue weighted by molar-refractivity contribution is 6.14. The lowest BCUT2D eigenvalue weighted by atomic mass is 10.2. The number of rotatable bonds is 6. The van der Waals surface area contributed by atoms with Crippen LogP contribution in [0.1, 0.15) is 25.2 Å².